The van der Waals surface area contributed by atoms with Crippen LogP contribution in [0.5, 0.6) is 0 Å². The number of rotatable bonds is 7. The van der Waals surface area contributed by atoms with Gasteiger partial charge < -0.3 is 5.32 Å². The molecule has 25 heavy (non-hydrogen) atoms. The number of aromatic nitrogens is 3. The lowest BCUT2D eigenvalue weighted by atomic mass is 10.0. The number of hydrogen-bond acceptors (Lipinski definition) is 4. The summed E-state index contributed by atoms with van der Waals surface area (Å²) < 4.78 is 1.44. The lowest BCUT2D eigenvalue weighted by Gasteiger charge is -2.14. The van der Waals surface area contributed by atoms with Gasteiger partial charge in [0.25, 0.3) is 11.5 Å². The second-order valence-electron chi connectivity index (χ2n) is 6.47. The molecule has 1 amide bonds. The molecule has 7 heteroatoms. The number of unbranched alkanes of at least 4 members (excludes halogenated alkanes) is 1. The molecular weight excluding hydrogens is 320 g/mol. The van der Waals surface area contributed by atoms with Gasteiger partial charge in [0.2, 0.25) is 0 Å². The molecule has 2 aromatic rings. The van der Waals surface area contributed by atoms with Crippen LogP contribution in [0.1, 0.15) is 68.9 Å². The van der Waals surface area contributed by atoms with Crippen LogP contribution in [0.3, 0.4) is 0 Å². The van der Waals surface area contributed by atoms with Crippen molar-refractivity contribution in [1.82, 2.24) is 19.9 Å². The van der Waals surface area contributed by atoms with Crippen molar-refractivity contribution >= 4 is 16.9 Å². The van der Waals surface area contributed by atoms with E-state index in [4.69, 9.17) is 0 Å². The van der Waals surface area contributed by atoms with Gasteiger partial charge in [-0.1, -0.05) is 34.1 Å². The van der Waals surface area contributed by atoms with Gasteiger partial charge in [-0.15, -0.1) is 0 Å². The molecule has 0 aromatic carbocycles. The topological polar surface area (TPSA) is 96.8 Å². The zero-order valence-corrected chi connectivity index (χ0v) is 15.3. The van der Waals surface area contributed by atoms with Crippen molar-refractivity contribution in [3.8, 4) is 0 Å². The van der Waals surface area contributed by atoms with E-state index in [0.29, 0.717) is 25.2 Å². The van der Waals surface area contributed by atoms with Gasteiger partial charge in [-0.2, -0.15) is 0 Å². The molecule has 7 nitrogen and oxygen atoms in total. The van der Waals surface area contributed by atoms with Gasteiger partial charge in [0.05, 0.1) is 10.9 Å². The van der Waals surface area contributed by atoms with E-state index in [1.54, 1.807) is 6.07 Å². The highest BCUT2D eigenvalue weighted by molar-refractivity contribution is 6.05. The zero-order chi connectivity index (χ0) is 18.6. The monoisotopic (exact) mass is 346 g/mol. The highest BCUT2D eigenvalue weighted by atomic mass is 16.2. The minimum atomic E-state index is -0.573. The SMILES string of the molecule is CCCCNC(=O)c1cc(C(C)C)nc2c1c(=O)[nH]c(=O)n2CCC. The predicted octanol–water partition coefficient (Wildman–Crippen LogP) is 2.15. The zero-order valence-electron chi connectivity index (χ0n) is 15.3. The van der Waals surface area contributed by atoms with Crippen LogP contribution in [-0.2, 0) is 6.54 Å². The van der Waals surface area contributed by atoms with Crippen molar-refractivity contribution in [2.75, 3.05) is 6.54 Å². The van der Waals surface area contributed by atoms with E-state index in [2.05, 4.69) is 15.3 Å². The minimum Gasteiger partial charge on any atom is -0.352 e. The van der Waals surface area contributed by atoms with E-state index in [1.807, 2.05) is 27.7 Å². The molecule has 0 aliphatic carbocycles. The van der Waals surface area contributed by atoms with Crippen LogP contribution in [0.2, 0.25) is 0 Å². The highest BCUT2D eigenvalue weighted by Crippen LogP contribution is 2.19. The summed E-state index contributed by atoms with van der Waals surface area (Å²) >= 11 is 0. The maximum Gasteiger partial charge on any atom is 0.329 e. The molecule has 2 heterocycles. The Labute approximate surface area is 146 Å². The molecule has 0 bridgehead atoms. The molecule has 0 aliphatic rings. The molecule has 2 aromatic heterocycles. The predicted molar refractivity (Wildman–Crippen MR) is 98.2 cm³/mol. The maximum atomic E-state index is 12.6. The number of H-pyrrole nitrogens is 1. The summed E-state index contributed by atoms with van der Waals surface area (Å²) in [7, 11) is 0. The molecule has 2 N–H and O–H groups in total. The van der Waals surface area contributed by atoms with Crippen LogP contribution >= 0.6 is 0 Å². The summed E-state index contributed by atoms with van der Waals surface area (Å²) in [4.78, 5) is 44.1. The lowest BCUT2D eigenvalue weighted by Crippen LogP contribution is -2.33. The lowest BCUT2D eigenvalue weighted by molar-refractivity contribution is 0.0954. The Balaban J connectivity index is 2.75. The van der Waals surface area contributed by atoms with Gasteiger partial charge in [-0.25, -0.2) is 9.78 Å². The van der Waals surface area contributed by atoms with Crippen LogP contribution in [-0.4, -0.2) is 27.0 Å². The van der Waals surface area contributed by atoms with Crippen molar-refractivity contribution < 1.29 is 4.79 Å². The van der Waals surface area contributed by atoms with Crippen LogP contribution in [0, 0.1) is 0 Å². The van der Waals surface area contributed by atoms with E-state index >= 15 is 0 Å². The number of hydrogen-bond donors (Lipinski definition) is 2. The second kappa shape index (κ2) is 8.09. The molecular formula is C18H26N4O3. The largest absolute Gasteiger partial charge is 0.352 e. The van der Waals surface area contributed by atoms with Crippen LogP contribution in [0.4, 0.5) is 0 Å². The number of aromatic amines is 1. The van der Waals surface area contributed by atoms with Crippen molar-refractivity contribution in [3.63, 3.8) is 0 Å². The molecule has 0 unspecified atom stereocenters. The molecule has 0 saturated heterocycles. The van der Waals surface area contributed by atoms with E-state index in [9.17, 15) is 14.4 Å². The molecule has 0 radical (unpaired) electrons. The Morgan fingerprint density at radius 1 is 1.28 bits per heavy atom. The minimum absolute atomic E-state index is 0.0658. The van der Waals surface area contributed by atoms with E-state index in [0.717, 1.165) is 12.8 Å². The van der Waals surface area contributed by atoms with Gasteiger partial charge >= 0.3 is 5.69 Å². The fourth-order valence-corrected chi connectivity index (χ4v) is 2.67. The highest BCUT2D eigenvalue weighted by Gasteiger charge is 2.20. The van der Waals surface area contributed by atoms with Gasteiger partial charge in [0.15, 0.2) is 5.65 Å². The Morgan fingerprint density at radius 2 is 2.00 bits per heavy atom. The molecule has 0 fully saturated rings. The van der Waals surface area contributed by atoms with Crippen LogP contribution in [0.25, 0.3) is 11.0 Å². The van der Waals surface area contributed by atoms with Gasteiger partial charge in [-0.05, 0) is 24.8 Å². The Hall–Kier alpha value is -2.44. The third kappa shape index (κ3) is 3.97. The Bertz CT molecular complexity index is 880. The van der Waals surface area contributed by atoms with E-state index in [-0.39, 0.29) is 28.4 Å². The van der Waals surface area contributed by atoms with Gasteiger partial charge in [0, 0.05) is 18.8 Å². The third-order valence-electron chi connectivity index (χ3n) is 4.07. The maximum absolute atomic E-state index is 12.6. The van der Waals surface area contributed by atoms with Crippen LogP contribution in [0.15, 0.2) is 15.7 Å². The second-order valence-corrected chi connectivity index (χ2v) is 6.47. The summed E-state index contributed by atoms with van der Waals surface area (Å²) in [6, 6.07) is 1.66. The average molecular weight is 346 g/mol. The molecule has 2 rings (SSSR count). The number of pyridine rings is 1. The van der Waals surface area contributed by atoms with Crippen molar-refractivity contribution in [2.45, 2.75) is 59.4 Å². The Morgan fingerprint density at radius 3 is 2.60 bits per heavy atom. The summed E-state index contributed by atoms with van der Waals surface area (Å²) in [5.74, 6) is -0.244. The van der Waals surface area contributed by atoms with Crippen molar-refractivity contribution in [3.05, 3.63) is 38.2 Å². The fraction of sp³-hybridized carbons (Fsp3) is 0.556. The fourth-order valence-electron chi connectivity index (χ4n) is 2.67. The molecule has 0 atom stereocenters. The summed E-state index contributed by atoms with van der Waals surface area (Å²) in [6.07, 6.45) is 2.54. The normalized spacial score (nSPS) is 11.2. The van der Waals surface area contributed by atoms with Crippen LogP contribution < -0.4 is 16.6 Å². The third-order valence-corrected chi connectivity index (χ3v) is 4.07. The van der Waals surface area contributed by atoms with Gasteiger partial charge in [-0.3, -0.25) is 19.1 Å². The number of nitrogens with zero attached hydrogens (tertiary/aromatic N) is 2. The van der Waals surface area contributed by atoms with E-state index < -0.39 is 11.2 Å². The number of nitrogens with one attached hydrogen (secondary N) is 2. The summed E-state index contributed by atoms with van der Waals surface area (Å²) in [6.45, 7) is 8.87. The number of aryl methyl sites for hydroxylation is 1. The van der Waals surface area contributed by atoms with Crippen molar-refractivity contribution in [2.24, 2.45) is 0 Å². The smallest absolute Gasteiger partial charge is 0.329 e. The summed E-state index contributed by atoms with van der Waals surface area (Å²) in [5, 5.41) is 3.02. The van der Waals surface area contributed by atoms with Crippen molar-refractivity contribution in [1.29, 1.82) is 0 Å². The quantitative estimate of drug-likeness (QED) is 0.751. The first-order valence-corrected chi connectivity index (χ1v) is 8.86. The first-order chi connectivity index (χ1) is 11.9. The molecule has 0 spiro atoms. The molecule has 0 aliphatic heterocycles. The standard InChI is InChI=1S/C18H26N4O3/c1-5-7-8-19-16(23)12-10-13(11(3)4)20-15-14(12)17(24)21-18(25)22(15)9-6-2/h10-11H,5-9H2,1-4H3,(H,19,23)(H,21,24,25). The Kier molecular flexibility index (Phi) is 6.12. The number of amides is 1. The van der Waals surface area contributed by atoms with Gasteiger partial charge in [0.1, 0.15) is 0 Å². The summed E-state index contributed by atoms with van der Waals surface area (Å²) in [5.41, 5.74) is 0.169. The number of carbonyl (C=O) groups is 1. The average Bonchev–Trinajstić information content (AvgIpc) is 2.57. The molecule has 0 saturated carbocycles. The molecule has 136 valence electrons. The first kappa shape index (κ1) is 18.9. The number of carbonyl (C=O) groups excluding carboxylic acids is 1. The number of fused-ring (bicyclic) bond motifs is 1. The van der Waals surface area contributed by atoms with E-state index in [1.165, 1.54) is 4.57 Å². The first-order valence-electron chi connectivity index (χ1n) is 8.86.